The highest BCUT2D eigenvalue weighted by Gasteiger charge is 2.09. The average molecular weight is 184 g/mol. The molecule has 0 spiro atoms. The number of carbonyl (C=O) groups excluding carboxylic acids is 1. The molecular weight excluding hydrogens is 166 g/mol. The molecule has 0 rings (SSSR count). The molecule has 74 valence electrons. The Morgan fingerprint density at radius 2 is 2.08 bits per heavy atom. The smallest absolute Gasteiger partial charge is 0.330 e. The summed E-state index contributed by atoms with van der Waals surface area (Å²) in [6.45, 7) is 8.38. The molecule has 0 fully saturated rings. The molecular formula is C10H18NO2+. The number of hydrogen-bond donors (Lipinski definition) is 0. The first-order valence-electron chi connectivity index (χ1n) is 4.27. The molecule has 0 radical (unpaired) electrons. The molecule has 3 heteroatoms. The molecule has 0 bridgehead atoms. The molecule has 0 aromatic carbocycles. The predicted octanol–water partition coefficient (Wildman–Crippen LogP) is 1.33. The van der Waals surface area contributed by atoms with Gasteiger partial charge in [0.15, 0.2) is 0 Å². The fraction of sp³-hybridized carbons (Fsp3) is 0.500. The van der Waals surface area contributed by atoms with Gasteiger partial charge in [0.2, 0.25) is 0 Å². The Morgan fingerprint density at radius 3 is 2.54 bits per heavy atom. The second kappa shape index (κ2) is 5.54. The highest BCUT2D eigenvalue weighted by atomic mass is 16.5. The molecule has 0 N–H and O–H groups in total. The number of ether oxygens (including phenoxy) is 1. The van der Waals surface area contributed by atoms with Crippen LogP contribution in [0.25, 0.3) is 0 Å². The molecule has 0 atom stereocenters. The zero-order valence-electron chi connectivity index (χ0n) is 8.45. The van der Waals surface area contributed by atoms with Gasteiger partial charge in [-0.1, -0.05) is 6.58 Å². The van der Waals surface area contributed by atoms with Crippen molar-refractivity contribution in [2.24, 2.45) is 0 Å². The summed E-state index contributed by atoms with van der Waals surface area (Å²) in [6, 6.07) is 0. The van der Waals surface area contributed by atoms with E-state index in [0.29, 0.717) is 6.61 Å². The first-order valence-corrected chi connectivity index (χ1v) is 4.27. The Morgan fingerprint density at radius 1 is 1.46 bits per heavy atom. The Balaban J connectivity index is 3.51. The van der Waals surface area contributed by atoms with Gasteiger partial charge in [0.25, 0.3) is 0 Å². The van der Waals surface area contributed by atoms with Gasteiger partial charge in [-0.15, -0.1) is 0 Å². The number of quaternary nitrogens is 1. The van der Waals surface area contributed by atoms with Crippen LogP contribution in [0.15, 0.2) is 25.4 Å². The van der Waals surface area contributed by atoms with Crippen LogP contribution in [0.4, 0.5) is 0 Å². The monoisotopic (exact) mass is 184 g/mol. The van der Waals surface area contributed by atoms with Crippen LogP contribution in [-0.4, -0.2) is 37.7 Å². The van der Waals surface area contributed by atoms with Crippen molar-refractivity contribution in [1.82, 2.24) is 0 Å². The van der Waals surface area contributed by atoms with E-state index in [-0.39, 0.29) is 5.97 Å². The van der Waals surface area contributed by atoms with Gasteiger partial charge in [-0.05, 0) is 6.58 Å². The average Bonchev–Trinajstić information content (AvgIpc) is 2.12. The second-order valence-corrected chi connectivity index (χ2v) is 3.41. The van der Waals surface area contributed by atoms with Gasteiger partial charge in [0.05, 0.1) is 33.4 Å². The maximum absolute atomic E-state index is 10.6. The third kappa shape index (κ3) is 6.11. The zero-order valence-corrected chi connectivity index (χ0v) is 8.45. The van der Waals surface area contributed by atoms with Crippen molar-refractivity contribution in [2.45, 2.75) is 6.42 Å². The van der Waals surface area contributed by atoms with Crippen molar-refractivity contribution in [2.75, 3.05) is 27.2 Å². The summed E-state index contributed by atoms with van der Waals surface area (Å²) in [5.41, 5.74) is 0. The number of rotatable bonds is 6. The van der Waals surface area contributed by atoms with Crippen molar-refractivity contribution in [1.29, 1.82) is 0 Å². The van der Waals surface area contributed by atoms with Crippen molar-refractivity contribution < 1.29 is 14.0 Å². The maximum Gasteiger partial charge on any atom is 0.330 e. The molecule has 0 aliphatic rings. The summed E-state index contributed by atoms with van der Waals surface area (Å²) in [5, 5.41) is 0. The lowest BCUT2D eigenvalue weighted by Gasteiger charge is -2.23. The second-order valence-electron chi connectivity index (χ2n) is 3.41. The largest absolute Gasteiger partial charge is 0.462 e. The summed E-state index contributed by atoms with van der Waals surface area (Å²) in [7, 11) is 4.09. The quantitative estimate of drug-likeness (QED) is 0.269. The SMILES string of the molecule is C=CC(=O)OCCC[N+](C)(C)C=C. The molecule has 0 aromatic heterocycles. The van der Waals surface area contributed by atoms with E-state index in [4.69, 9.17) is 4.74 Å². The topological polar surface area (TPSA) is 26.3 Å². The molecule has 0 saturated carbocycles. The highest BCUT2D eigenvalue weighted by Crippen LogP contribution is 1.99. The maximum atomic E-state index is 10.6. The molecule has 0 aliphatic carbocycles. The fourth-order valence-corrected chi connectivity index (χ4v) is 0.795. The lowest BCUT2D eigenvalue weighted by molar-refractivity contribution is -0.838. The van der Waals surface area contributed by atoms with Crippen LogP contribution >= 0.6 is 0 Å². The van der Waals surface area contributed by atoms with E-state index in [1.165, 1.54) is 6.08 Å². The van der Waals surface area contributed by atoms with E-state index in [2.05, 4.69) is 13.2 Å². The molecule has 13 heavy (non-hydrogen) atoms. The molecule has 0 unspecified atom stereocenters. The summed E-state index contributed by atoms with van der Waals surface area (Å²) in [6.07, 6.45) is 3.86. The van der Waals surface area contributed by atoms with E-state index in [1.807, 2.05) is 20.3 Å². The van der Waals surface area contributed by atoms with E-state index in [0.717, 1.165) is 17.4 Å². The van der Waals surface area contributed by atoms with E-state index in [9.17, 15) is 4.79 Å². The van der Waals surface area contributed by atoms with Crippen molar-refractivity contribution in [3.8, 4) is 0 Å². The van der Waals surface area contributed by atoms with Gasteiger partial charge >= 0.3 is 5.97 Å². The van der Waals surface area contributed by atoms with Crippen LogP contribution < -0.4 is 0 Å². The molecule has 0 amide bonds. The van der Waals surface area contributed by atoms with Crippen LogP contribution in [0.1, 0.15) is 6.42 Å². The molecule has 0 aromatic rings. The van der Waals surface area contributed by atoms with E-state index >= 15 is 0 Å². The molecule has 3 nitrogen and oxygen atoms in total. The van der Waals surface area contributed by atoms with Gasteiger partial charge in [-0.3, -0.25) is 0 Å². The Hall–Kier alpha value is -1.09. The minimum absolute atomic E-state index is 0.357. The molecule has 0 heterocycles. The number of carbonyl (C=O) groups is 1. The first-order chi connectivity index (χ1) is 6.02. The summed E-state index contributed by atoms with van der Waals surface area (Å²) in [5.74, 6) is -0.357. The van der Waals surface area contributed by atoms with Crippen LogP contribution in [-0.2, 0) is 9.53 Å². The third-order valence-corrected chi connectivity index (χ3v) is 1.78. The van der Waals surface area contributed by atoms with Crippen molar-refractivity contribution in [3.63, 3.8) is 0 Å². The van der Waals surface area contributed by atoms with Gasteiger partial charge < -0.3 is 9.22 Å². The van der Waals surface area contributed by atoms with Gasteiger partial charge in [0, 0.05) is 12.5 Å². The standard InChI is InChI=1S/C10H18NO2/c1-5-10(12)13-9-7-8-11(3,4)6-2/h5-6H,1-2,7-9H2,3-4H3/q+1. The highest BCUT2D eigenvalue weighted by molar-refractivity contribution is 5.81. The van der Waals surface area contributed by atoms with E-state index in [1.54, 1.807) is 0 Å². The summed E-state index contributed by atoms with van der Waals surface area (Å²) in [4.78, 5) is 10.6. The Labute approximate surface area is 79.9 Å². The fourth-order valence-electron chi connectivity index (χ4n) is 0.795. The number of nitrogens with zero attached hydrogens (tertiary/aromatic N) is 1. The van der Waals surface area contributed by atoms with E-state index < -0.39 is 0 Å². The minimum Gasteiger partial charge on any atom is -0.462 e. The van der Waals surface area contributed by atoms with Gasteiger partial charge in [0.1, 0.15) is 0 Å². The molecule has 0 saturated heterocycles. The predicted molar refractivity (Wildman–Crippen MR) is 52.9 cm³/mol. The van der Waals surface area contributed by atoms with Gasteiger partial charge in [-0.25, -0.2) is 4.79 Å². The first kappa shape index (κ1) is 11.9. The van der Waals surface area contributed by atoms with Crippen molar-refractivity contribution >= 4 is 5.97 Å². The number of hydrogen-bond acceptors (Lipinski definition) is 2. The van der Waals surface area contributed by atoms with Gasteiger partial charge in [-0.2, -0.15) is 0 Å². The Kier molecular flexibility index (Phi) is 5.07. The normalized spacial score (nSPS) is 10.6. The summed E-state index contributed by atoms with van der Waals surface area (Å²) >= 11 is 0. The minimum atomic E-state index is -0.357. The lowest BCUT2D eigenvalue weighted by atomic mass is 10.4. The van der Waals surface area contributed by atoms with Crippen LogP contribution in [0, 0.1) is 0 Å². The van der Waals surface area contributed by atoms with Crippen LogP contribution in [0.3, 0.4) is 0 Å². The summed E-state index contributed by atoms with van der Waals surface area (Å²) < 4.78 is 5.56. The van der Waals surface area contributed by atoms with Crippen LogP contribution in [0.5, 0.6) is 0 Å². The zero-order chi connectivity index (χ0) is 10.3. The lowest BCUT2D eigenvalue weighted by Crippen LogP contribution is -2.34. The van der Waals surface area contributed by atoms with Crippen LogP contribution in [0.2, 0.25) is 0 Å². The third-order valence-electron chi connectivity index (χ3n) is 1.78. The Bertz CT molecular complexity index is 197. The number of esters is 1. The van der Waals surface area contributed by atoms with Crippen molar-refractivity contribution in [3.05, 3.63) is 25.4 Å². The molecule has 0 aliphatic heterocycles.